The summed E-state index contributed by atoms with van der Waals surface area (Å²) in [6.45, 7) is 3.92. The lowest BCUT2D eigenvalue weighted by molar-refractivity contribution is -0.138. The molecule has 0 spiro atoms. The molecule has 1 atom stereocenters. The predicted octanol–water partition coefficient (Wildman–Crippen LogP) is 3.82. The highest BCUT2D eigenvalue weighted by Gasteiger charge is 2.24. The topological polar surface area (TPSA) is 50.2 Å². The molecule has 0 fully saturated rings. The summed E-state index contributed by atoms with van der Waals surface area (Å²) in [6.07, 6.45) is 0.373. The van der Waals surface area contributed by atoms with E-state index in [2.05, 4.69) is 4.98 Å². The van der Waals surface area contributed by atoms with Crippen molar-refractivity contribution in [3.63, 3.8) is 0 Å². The molecular weight excluding hydrogens is 282 g/mol. The first-order valence-corrected chi connectivity index (χ1v) is 7.08. The molecule has 1 aromatic heterocycles. The van der Waals surface area contributed by atoms with Gasteiger partial charge in [-0.1, -0.05) is 29.8 Å². The van der Waals surface area contributed by atoms with Crippen LogP contribution in [0.5, 0.6) is 0 Å². The number of benzene rings is 1. The number of hydrogen-bond donors (Lipinski definition) is 1. The van der Waals surface area contributed by atoms with Crippen molar-refractivity contribution in [1.82, 2.24) is 4.98 Å². The zero-order chi connectivity index (χ0) is 14.0. The van der Waals surface area contributed by atoms with E-state index >= 15 is 0 Å². The van der Waals surface area contributed by atoms with Crippen LogP contribution in [0.25, 0.3) is 0 Å². The van der Waals surface area contributed by atoms with Gasteiger partial charge in [0.25, 0.3) is 0 Å². The Morgan fingerprint density at radius 1 is 1.42 bits per heavy atom. The molecule has 1 N–H and O–H groups in total. The van der Waals surface area contributed by atoms with Crippen molar-refractivity contribution >= 4 is 28.9 Å². The minimum Gasteiger partial charge on any atom is -0.481 e. The van der Waals surface area contributed by atoms with Crippen molar-refractivity contribution in [3.05, 3.63) is 50.4 Å². The van der Waals surface area contributed by atoms with Crippen LogP contribution in [-0.4, -0.2) is 16.1 Å². The summed E-state index contributed by atoms with van der Waals surface area (Å²) >= 11 is 7.63. The van der Waals surface area contributed by atoms with Gasteiger partial charge < -0.3 is 5.11 Å². The van der Waals surface area contributed by atoms with Gasteiger partial charge in [0.2, 0.25) is 0 Å². The summed E-state index contributed by atoms with van der Waals surface area (Å²) < 4.78 is 0. The summed E-state index contributed by atoms with van der Waals surface area (Å²) in [6, 6.07) is 7.07. The largest absolute Gasteiger partial charge is 0.481 e. The number of carbonyl (C=O) groups is 1. The quantitative estimate of drug-likeness (QED) is 0.933. The van der Waals surface area contributed by atoms with Crippen LogP contribution in [0.2, 0.25) is 5.02 Å². The van der Waals surface area contributed by atoms with E-state index in [0.717, 1.165) is 15.6 Å². The van der Waals surface area contributed by atoms with E-state index in [9.17, 15) is 9.90 Å². The molecule has 0 radical (unpaired) electrons. The lowest BCUT2D eigenvalue weighted by atomic mass is 9.96. The molecule has 0 bridgehead atoms. The number of carboxylic acid groups (broad SMARTS) is 1. The molecule has 3 nitrogen and oxygen atoms in total. The normalized spacial score (nSPS) is 12.4. The van der Waals surface area contributed by atoms with E-state index in [1.807, 2.05) is 13.8 Å². The maximum atomic E-state index is 11.5. The summed E-state index contributed by atoms with van der Waals surface area (Å²) in [4.78, 5) is 17.0. The van der Waals surface area contributed by atoms with E-state index in [0.29, 0.717) is 17.0 Å². The average molecular weight is 296 g/mol. The number of thiazole rings is 1. The maximum Gasteiger partial charge on any atom is 0.311 e. The molecule has 0 aliphatic carbocycles. The van der Waals surface area contributed by atoms with Gasteiger partial charge in [0, 0.05) is 16.3 Å². The van der Waals surface area contributed by atoms with Crippen LogP contribution < -0.4 is 0 Å². The fourth-order valence-electron chi connectivity index (χ4n) is 1.89. The highest BCUT2D eigenvalue weighted by molar-refractivity contribution is 7.11. The number of aromatic nitrogens is 1. The first-order chi connectivity index (χ1) is 8.99. The molecule has 0 saturated heterocycles. The molecule has 1 aromatic carbocycles. The molecule has 1 unspecified atom stereocenters. The van der Waals surface area contributed by atoms with Crippen LogP contribution in [0.4, 0.5) is 0 Å². The van der Waals surface area contributed by atoms with Crippen LogP contribution in [0.15, 0.2) is 24.3 Å². The molecule has 0 saturated carbocycles. The number of hydrogen-bond acceptors (Lipinski definition) is 3. The Hall–Kier alpha value is -1.39. The van der Waals surface area contributed by atoms with E-state index < -0.39 is 11.9 Å². The number of halogens is 1. The van der Waals surface area contributed by atoms with Crippen molar-refractivity contribution in [2.75, 3.05) is 0 Å². The van der Waals surface area contributed by atoms with Gasteiger partial charge in [-0.3, -0.25) is 4.79 Å². The minimum absolute atomic E-state index is 0.373. The second kappa shape index (κ2) is 5.72. The summed E-state index contributed by atoms with van der Waals surface area (Å²) in [5.74, 6) is -1.53. The van der Waals surface area contributed by atoms with Crippen molar-refractivity contribution in [3.8, 4) is 0 Å². The van der Waals surface area contributed by atoms with Crippen molar-refractivity contribution < 1.29 is 9.90 Å². The van der Waals surface area contributed by atoms with E-state index in [-0.39, 0.29) is 0 Å². The SMILES string of the molecule is Cc1nc(CC(C(=O)O)c2ccccc2Cl)sc1C. The number of rotatable bonds is 4. The third-order valence-corrected chi connectivity index (χ3v) is 4.47. The van der Waals surface area contributed by atoms with Gasteiger partial charge in [-0.15, -0.1) is 11.3 Å². The highest BCUT2D eigenvalue weighted by Crippen LogP contribution is 2.29. The first-order valence-electron chi connectivity index (χ1n) is 5.89. The van der Waals surface area contributed by atoms with E-state index in [4.69, 9.17) is 11.6 Å². The van der Waals surface area contributed by atoms with Crippen molar-refractivity contribution in [2.24, 2.45) is 0 Å². The zero-order valence-electron chi connectivity index (χ0n) is 10.7. The van der Waals surface area contributed by atoms with Gasteiger partial charge in [0.15, 0.2) is 0 Å². The molecular formula is C14H14ClNO2S. The van der Waals surface area contributed by atoms with Crippen molar-refractivity contribution in [2.45, 2.75) is 26.2 Å². The molecule has 100 valence electrons. The standard InChI is InChI=1S/C14H14ClNO2S/c1-8-9(2)19-13(16-8)7-11(14(17)18)10-5-3-4-6-12(10)15/h3-6,11H,7H2,1-2H3,(H,17,18). The Morgan fingerprint density at radius 2 is 2.11 bits per heavy atom. The minimum atomic E-state index is -0.876. The second-order valence-electron chi connectivity index (χ2n) is 4.37. The van der Waals surface area contributed by atoms with Crippen LogP contribution in [0.3, 0.4) is 0 Å². The smallest absolute Gasteiger partial charge is 0.311 e. The summed E-state index contributed by atoms with van der Waals surface area (Å²) in [5, 5.41) is 10.7. The fraction of sp³-hybridized carbons (Fsp3) is 0.286. The predicted molar refractivity (Wildman–Crippen MR) is 77.1 cm³/mol. The molecule has 0 aliphatic rings. The first kappa shape index (κ1) is 14.0. The van der Waals surface area contributed by atoms with Gasteiger partial charge in [-0.2, -0.15) is 0 Å². The molecule has 19 heavy (non-hydrogen) atoms. The zero-order valence-corrected chi connectivity index (χ0v) is 12.3. The van der Waals surface area contributed by atoms with Crippen LogP contribution in [-0.2, 0) is 11.2 Å². The van der Waals surface area contributed by atoms with E-state index in [1.54, 1.807) is 35.6 Å². The Morgan fingerprint density at radius 3 is 2.63 bits per heavy atom. The lowest BCUT2D eigenvalue weighted by Crippen LogP contribution is -2.14. The van der Waals surface area contributed by atoms with Gasteiger partial charge in [0.1, 0.15) is 0 Å². The maximum absolute atomic E-state index is 11.5. The number of aliphatic carboxylic acids is 1. The number of carboxylic acids is 1. The molecule has 0 amide bonds. The fourth-order valence-corrected chi connectivity index (χ4v) is 3.14. The molecule has 2 aromatic rings. The second-order valence-corrected chi connectivity index (χ2v) is 6.06. The third-order valence-electron chi connectivity index (χ3n) is 3.03. The Labute approximate surface area is 120 Å². The van der Waals surface area contributed by atoms with Crippen LogP contribution >= 0.6 is 22.9 Å². The molecule has 2 rings (SSSR count). The van der Waals surface area contributed by atoms with Gasteiger partial charge in [-0.05, 0) is 25.5 Å². The van der Waals surface area contributed by atoms with Gasteiger partial charge in [-0.25, -0.2) is 4.98 Å². The number of aryl methyl sites for hydroxylation is 2. The number of nitrogens with zero attached hydrogens (tertiary/aromatic N) is 1. The van der Waals surface area contributed by atoms with Gasteiger partial charge >= 0.3 is 5.97 Å². The monoisotopic (exact) mass is 295 g/mol. The van der Waals surface area contributed by atoms with Gasteiger partial charge in [0.05, 0.1) is 16.6 Å². The average Bonchev–Trinajstić information content (AvgIpc) is 2.66. The molecule has 5 heteroatoms. The van der Waals surface area contributed by atoms with Crippen molar-refractivity contribution in [1.29, 1.82) is 0 Å². The highest BCUT2D eigenvalue weighted by atomic mass is 35.5. The Kier molecular flexibility index (Phi) is 4.22. The third kappa shape index (κ3) is 3.14. The summed E-state index contributed by atoms with van der Waals surface area (Å²) in [7, 11) is 0. The molecule has 1 heterocycles. The van der Waals surface area contributed by atoms with Crippen LogP contribution in [0.1, 0.15) is 27.1 Å². The Bertz CT molecular complexity index is 590. The Balaban J connectivity index is 2.32. The lowest BCUT2D eigenvalue weighted by Gasteiger charge is -2.12. The molecule has 0 aliphatic heterocycles. The van der Waals surface area contributed by atoms with E-state index in [1.165, 1.54) is 0 Å². The summed E-state index contributed by atoms with van der Waals surface area (Å²) in [5.41, 5.74) is 1.60. The van der Waals surface area contributed by atoms with Crippen LogP contribution in [0, 0.1) is 13.8 Å².